The Morgan fingerprint density at radius 2 is 0.929 bits per heavy atom. The number of hydrogen-bond acceptors (Lipinski definition) is 4. The average Bonchev–Trinajstić information content (AvgIpc) is 2.95. The average molecular weight is 596 g/mol. The van der Waals surface area contributed by atoms with Crippen LogP contribution in [0.25, 0.3) is 0 Å². The first-order chi connectivity index (χ1) is 20.2. The molecule has 0 rings (SSSR count). The van der Waals surface area contributed by atoms with E-state index < -0.39 is 40.5 Å². The summed E-state index contributed by atoms with van der Waals surface area (Å²) in [5, 5.41) is 33.0. The molecule has 0 bridgehead atoms. The van der Waals surface area contributed by atoms with Gasteiger partial charge in [0.25, 0.3) is 0 Å². The minimum Gasteiger partial charge on any atom is -0.544 e. The van der Waals surface area contributed by atoms with E-state index in [4.69, 9.17) is 0 Å². The van der Waals surface area contributed by atoms with Crippen LogP contribution in [0.1, 0.15) is 169 Å². The van der Waals surface area contributed by atoms with Gasteiger partial charge < -0.3 is 20.1 Å². The fourth-order valence-corrected chi connectivity index (χ4v) is 6.75. The van der Waals surface area contributed by atoms with E-state index in [0.29, 0.717) is 25.7 Å². The molecule has 2 N–H and O–H groups in total. The number of quaternary nitrogens is 1. The summed E-state index contributed by atoms with van der Waals surface area (Å²) in [5.74, 6) is -3.55. The first-order valence-electron chi connectivity index (χ1n) is 17.4. The Morgan fingerprint density at radius 1 is 0.595 bits per heavy atom. The molecule has 3 unspecified atom stereocenters. The van der Waals surface area contributed by atoms with Gasteiger partial charge in [0.05, 0.1) is 12.5 Å². The van der Waals surface area contributed by atoms with E-state index in [0.717, 1.165) is 19.3 Å². The Morgan fingerprint density at radius 3 is 1.24 bits per heavy atom. The molecule has 0 amide bonds. The first kappa shape index (κ1) is 40.1. The van der Waals surface area contributed by atoms with E-state index in [1.165, 1.54) is 77.0 Å². The maximum absolute atomic E-state index is 12.6. The molecule has 0 fully saturated rings. The molecule has 0 aliphatic carbocycles. The van der Waals surface area contributed by atoms with Gasteiger partial charge in [0.2, 0.25) is 0 Å². The largest absolute Gasteiger partial charge is 0.544 e. The van der Waals surface area contributed by atoms with Crippen molar-refractivity contribution in [1.82, 2.24) is 0 Å². The molecule has 3 atom stereocenters. The third-order valence-corrected chi connectivity index (χ3v) is 8.92. The number of nitrogens with zero attached hydrogens (tertiary/aromatic N) is 1. The van der Waals surface area contributed by atoms with Crippen LogP contribution in [-0.2, 0) is 14.4 Å². The zero-order valence-electron chi connectivity index (χ0n) is 27.6. The highest BCUT2D eigenvalue weighted by Crippen LogP contribution is 2.34. The van der Waals surface area contributed by atoms with Crippen molar-refractivity contribution in [3.05, 3.63) is 12.2 Å². The van der Waals surface area contributed by atoms with Gasteiger partial charge in [0, 0.05) is 19.3 Å². The molecule has 246 valence electrons. The zero-order chi connectivity index (χ0) is 31.6. The van der Waals surface area contributed by atoms with Crippen LogP contribution in [0.3, 0.4) is 0 Å². The Hall–Kier alpha value is -1.89. The fraction of sp³-hybridized carbons (Fsp3) is 0.857. The molecular formula is C35H65NO6. The second-order valence-electron chi connectivity index (χ2n) is 12.3. The number of carboxylic acids is 3. The van der Waals surface area contributed by atoms with Gasteiger partial charge in [-0.25, -0.2) is 9.59 Å². The number of allylic oxidation sites excluding steroid dienone is 2. The van der Waals surface area contributed by atoms with E-state index in [2.05, 4.69) is 19.1 Å². The third-order valence-electron chi connectivity index (χ3n) is 8.92. The zero-order valence-corrected chi connectivity index (χ0v) is 27.6. The second kappa shape index (κ2) is 25.6. The van der Waals surface area contributed by atoms with Crippen molar-refractivity contribution in [1.29, 1.82) is 0 Å². The van der Waals surface area contributed by atoms with Crippen molar-refractivity contribution in [2.75, 3.05) is 6.54 Å². The summed E-state index contributed by atoms with van der Waals surface area (Å²) in [6, 6.07) is -3.32. The van der Waals surface area contributed by atoms with Crippen LogP contribution in [0.2, 0.25) is 0 Å². The van der Waals surface area contributed by atoms with Gasteiger partial charge in [-0.15, -0.1) is 0 Å². The lowest BCUT2D eigenvalue weighted by Crippen LogP contribution is -2.74. The Bertz CT molecular complexity index is 677. The molecule has 0 saturated carbocycles. The molecule has 0 radical (unpaired) electrons. The Kier molecular flexibility index (Phi) is 24.4. The second-order valence-corrected chi connectivity index (χ2v) is 12.3. The summed E-state index contributed by atoms with van der Waals surface area (Å²) in [6.45, 7) is 7.90. The summed E-state index contributed by atoms with van der Waals surface area (Å²) >= 11 is 0. The number of aliphatic carboxylic acids is 3. The molecule has 0 aromatic heterocycles. The molecule has 0 aromatic carbocycles. The normalized spacial score (nSPS) is 15.3. The maximum Gasteiger partial charge on any atom is 0.362 e. The fourth-order valence-electron chi connectivity index (χ4n) is 6.75. The molecule has 42 heavy (non-hydrogen) atoms. The summed E-state index contributed by atoms with van der Waals surface area (Å²) < 4.78 is -0.432. The summed E-state index contributed by atoms with van der Waals surface area (Å²) in [6.07, 6.45) is 25.8. The number of rotatable bonds is 30. The van der Waals surface area contributed by atoms with E-state index in [1.807, 2.05) is 20.8 Å². The predicted octanol–water partition coefficient (Wildman–Crippen LogP) is 8.05. The monoisotopic (exact) mass is 595 g/mol. The van der Waals surface area contributed by atoms with Crippen molar-refractivity contribution < 1.29 is 34.2 Å². The predicted molar refractivity (Wildman–Crippen MR) is 170 cm³/mol. The van der Waals surface area contributed by atoms with Crippen LogP contribution in [0.5, 0.6) is 0 Å². The van der Waals surface area contributed by atoms with Gasteiger partial charge in [-0.2, -0.15) is 0 Å². The van der Waals surface area contributed by atoms with Gasteiger partial charge in [-0.05, 0) is 45.4 Å². The SMILES string of the molecule is C/C=C/CCCCCCCCCCCCCCCCC[N+](C(CCC)C(=O)[O-])(C(CCC)C(=O)O)C(CCC)C(=O)O. The van der Waals surface area contributed by atoms with E-state index >= 15 is 0 Å². The standard InChI is InChI=1S/C35H65NO6/c1-5-9-10-11-12-13-14-15-16-17-18-19-20-21-22-23-24-25-29-36(30(26-6-2)33(37)38,31(27-7-3)34(39)40)32(28-8-4)35(41)42/h5,9,30-32H,6-8,10-29H2,1-4H3,(H2-,37,38,39,40,41,42)/b9-5+. The highest BCUT2D eigenvalue weighted by Gasteiger charge is 2.54. The van der Waals surface area contributed by atoms with Crippen LogP contribution in [0.4, 0.5) is 0 Å². The van der Waals surface area contributed by atoms with Gasteiger partial charge in [-0.1, -0.05) is 116 Å². The number of unbranched alkanes of at least 4 members (excludes halogenated alkanes) is 15. The van der Waals surface area contributed by atoms with Gasteiger partial charge in [0.1, 0.15) is 6.04 Å². The molecular weight excluding hydrogens is 530 g/mol. The Labute approximate surface area is 257 Å². The van der Waals surface area contributed by atoms with E-state index in [9.17, 15) is 29.7 Å². The third kappa shape index (κ3) is 15.5. The number of carbonyl (C=O) groups is 3. The van der Waals surface area contributed by atoms with Crippen LogP contribution < -0.4 is 5.11 Å². The molecule has 0 heterocycles. The van der Waals surface area contributed by atoms with Gasteiger partial charge in [0.15, 0.2) is 12.1 Å². The topological polar surface area (TPSA) is 115 Å². The summed E-state index contributed by atoms with van der Waals surface area (Å²) in [5.41, 5.74) is 0. The van der Waals surface area contributed by atoms with Crippen molar-refractivity contribution in [2.45, 2.75) is 187 Å². The highest BCUT2D eigenvalue weighted by molar-refractivity contribution is 5.77. The molecule has 0 saturated heterocycles. The molecule has 7 nitrogen and oxygen atoms in total. The summed E-state index contributed by atoms with van der Waals surface area (Å²) in [4.78, 5) is 37.6. The molecule has 0 aliphatic heterocycles. The van der Waals surface area contributed by atoms with Crippen molar-refractivity contribution in [3.8, 4) is 0 Å². The van der Waals surface area contributed by atoms with Crippen molar-refractivity contribution >= 4 is 17.9 Å². The number of carboxylic acid groups (broad SMARTS) is 3. The maximum atomic E-state index is 12.6. The number of hydrogen-bond donors (Lipinski definition) is 2. The van der Waals surface area contributed by atoms with Gasteiger partial charge in [-0.3, -0.25) is 4.48 Å². The van der Waals surface area contributed by atoms with Crippen LogP contribution in [0.15, 0.2) is 12.2 Å². The van der Waals surface area contributed by atoms with Crippen LogP contribution >= 0.6 is 0 Å². The van der Waals surface area contributed by atoms with E-state index in [-0.39, 0.29) is 25.8 Å². The Balaban J connectivity index is 4.86. The first-order valence-corrected chi connectivity index (χ1v) is 17.4. The van der Waals surface area contributed by atoms with E-state index in [1.54, 1.807) is 0 Å². The minimum atomic E-state index is -1.33. The quantitative estimate of drug-likeness (QED) is 0.0493. The van der Waals surface area contributed by atoms with Gasteiger partial charge >= 0.3 is 11.9 Å². The molecule has 0 aliphatic rings. The smallest absolute Gasteiger partial charge is 0.362 e. The minimum absolute atomic E-state index is 0.209. The van der Waals surface area contributed by atoms with Crippen LogP contribution in [-0.4, -0.2) is 57.3 Å². The highest BCUT2D eigenvalue weighted by atomic mass is 16.4. The molecule has 0 aromatic rings. The lowest BCUT2D eigenvalue weighted by atomic mass is 9.91. The van der Waals surface area contributed by atoms with Crippen molar-refractivity contribution in [3.63, 3.8) is 0 Å². The van der Waals surface area contributed by atoms with Crippen LogP contribution in [0, 0.1) is 0 Å². The lowest BCUT2D eigenvalue weighted by Gasteiger charge is -2.52. The molecule has 0 spiro atoms. The van der Waals surface area contributed by atoms with Crippen molar-refractivity contribution in [2.24, 2.45) is 0 Å². The molecule has 7 heteroatoms. The lowest BCUT2D eigenvalue weighted by molar-refractivity contribution is -0.975. The number of carbonyl (C=O) groups excluding carboxylic acids is 1. The summed E-state index contributed by atoms with van der Waals surface area (Å²) in [7, 11) is 0.